The lowest BCUT2D eigenvalue weighted by atomic mass is 9.97. The minimum absolute atomic E-state index is 0.0345. The van der Waals surface area contributed by atoms with Crippen molar-refractivity contribution in [1.29, 1.82) is 0 Å². The standard InChI is InChI=1S/C57H42O15/c58-51(37-21-9-2-10-22-37)65-35-45-47(69-52(59)38-23-11-3-12-24-38)48(70-53(60)39-25-13-4-14-26-39)50(72-55(62)41-29-17-6-18-30-41)57(68-45)66-42-31-32-43-44(33-42)67-56(63)49(71-54(61)40-27-15-5-16-28-40)46(43)64-34-36-19-7-1-8-20-36/h1-33,45,47-48,50,57H,34-35H2/t45-,47+,48+,50-,57-/m1/s1. The van der Waals surface area contributed by atoms with Crippen molar-refractivity contribution in [2.45, 2.75) is 37.3 Å². The van der Waals surface area contributed by atoms with Gasteiger partial charge in [0.1, 0.15) is 30.7 Å². The van der Waals surface area contributed by atoms with Crippen LogP contribution in [0.2, 0.25) is 0 Å². The summed E-state index contributed by atoms with van der Waals surface area (Å²) in [7, 11) is 0. The highest BCUT2D eigenvalue weighted by molar-refractivity contribution is 5.94. The van der Waals surface area contributed by atoms with E-state index in [4.69, 9.17) is 42.3 Å². The summed E-state index contributed by atoms with van der Waals surface area (Å²) >= 11 is 0. The molecule has 1 aliphatic rings. The van der Waals surface area contributed by atoms with E-state index >= 15 is 0 Å². The normalized spacial score (nSPS) is 17.1. The van der Waals surface area contributed by atoms with Crippen LogP contribution >= 0.6 is 0 Å². The molecule has 15 nitrogen and oxygen atoms in total. The van der Waals surface area contributed by atoms with Gasteiger partial charge in [0.15, 0.2) is 18.0 Å². The highest BCUT2D eigenvalue weighted by Crippen LogP contribution is 2.38. The van der Waals surface area contributed by atoms with Crippen molar-refractivity contribution in [3.05, 3.63) is 244 Å². The molecule has 0 spiro atoms. The summed E-state index contributed by atoms with van der Waals surface area (Å²) < 4.78 is 54.8. The number of fused-ring (bicyclic) bond motifs is 1. The first kappa shape index (κ1) is 47.7. The van der Waals surface area contributed by atoms with Crippen LogP contribution in [0.3, 0.4) is 0 Å². The van der Waals surface area contributed by atoms with Crippen molar-refractivity contribution in [1.82, 2.24) is 0 Å². The maximum Gasteiger partial charge on any atom is 0.383 e. The molecule has 0 bridgehead atoms. The summed E-state index contributed by atoms with van der Waals surface area (Å²) in [5.41, 5.74) is 0.259. The third-order valence-corrected chi connectivity index (χ3v) is 11.2. The number of rotatable bonds is 16. The Kier molecular flexibility index (Phi) is 14.8. The molecule has 360 valence electrons. The van der Waals surface area contributed by atoms with Crippen LogP contribution in [0.4, 0.5) is 0 Å². The lowest BCUT2D eigenvalue weighted by Gasteiger charge is -2.44. The average molecular weight is 967 g/mol. The van der Waals surface area contributed by atoms with Crippen LogP contribution < -0.4 is 19.8 Å². The van der Waals surface area contributed by atoms with E-state index in [1.807, 2.05) is 30.3 Å². The van der Waals surface area contributed by atoms with E-state index in [0.717, 1.165) is 5.56 Å². The van der Waals surface area contributed by atoms with Crippen LogP contribution in [0.25, 0.3) is 11.0 Å². The lowest BCUT2D eigenvalue weighted by Crippen LogP contribution is -2.63. The van der Waals surface area contributed by atoms with Crippen molar-refractivity contribution in [2.24, 2.45) is 0 Å². The summed E-state index contributed by atoms with van der Waals surface area (Å²) in [6.45, 7) is -0.633. The van der Waals surface area contributed by atoms with Crippen LogP contribution in [-0.4, -0.2) is 67.2 Å². The molecule has 9 rings (SSSR count). The van der Waals surface area contributed by atoms with Crippen LogP contribution in [0, 0.1) is 0 Å². The highest BCUT2D eigenvalue weighted by Gasteiger charge is 2.54. The highest BCUT2D eigenvalue weighted by atomic mass is 16.7. The fourth-order valence-electron chi connectivity index (χ4n) is 7.65. The van der Waals surface area contributed by atoms with Gasteiger partial charge in [0.05, 0.1) is 33.2 Å². The molecule has 2 heterocycles. The Morgan fingerprint density at radius 3 is 1.42 bits per heavy atom. The lowest BCUT2D eigenvalue weighted by molar-refractivity contribution is -0.275. The third kappa shape index (κ3) is 11.4. The molecule has 0 amide bonds. The fourth-order valence-corrected chi connectivity index (χ4v) is 7.65. The number of ether oxygens (including phenoxy) is 8. The predicted molar refractivity (Wildman–Crippen MR) is 258 cm³/mol. The van der Waals surface area contributed by atoms with Gasteiger partial charge in [-0.3, -0.25) is 0 Å². The SMILES string of the molecule is O=C(OC[C@H]1O[C@@H](Oc2ccc3c(OCc4ccccc4)c(OC(=O)c4ccccc4)c(=O)oc3c2)[C@H](OC(=O)c2ccccc2)[C@@H](OC(=O)c2ccccc2)[C@H]1OC(=O)c1ccccc1)c1ccccc1. The summed E-state index contributed by atoms with van der Waals surface area (Å²) in [4.78, 5) is 82.7. The molecule has 8 aromatic rings. The van der Waals surface area contributed by atoms with E-state index in [1.165, 1.54) is 66.7 Å². The van der Waals surface area contributed by atoms with Crippen LogP contribution in [-0.2, 0) is 30.3 Å². The average Bonchev–Trinajstić information content (AvgIpc) is 3.43. The van der Waals surface area contributed by atoms with Gasteiger partial charge >= 0.3 is 35.5 Å². The first-order chi connectivity index (χ1) is 35.2. The van der Waals surface area contributed by atoms with Gasteiger partial charge in [-0.15, -0.1) is 0 Å². The van der Waals surface area contributed by atoms with E-state index in [1.54, 1.807) is 103 Å². The first-order valence-electron chi connectivity index (χ1n) is 22.6. The molecule has 1 aliphatic heterocycles. The van der Waals surface area contributed by atoms with Crippen molar-refractivity contribution in [3.63, 3.8) is 0 Å². The van der Waals surface area contributed by atoms with Gasteiger partial charge in [-0.1, -0.05) is 121 Å². The largest absolute Gasteiger partial charge is 0.484 e. The zero-order valence-electron chi connectivity index (χ0n) is 38.0. The topological polar surface area (TPSA) is 189 Å². The minimum Gasteiger partial charge on any atom is -0.484 e. The molecule has 0 radical (unpaired) electrons. The predicted octanol–water partition coefficient (Wildman–Crippen LogP) is 9.23. The second-order valence-electron chi connectivity index (χ2n) is 16.1. The summed E-state index contributed by atoms with van der Waals surface area (Å²) in [5, 5.41) is 0.193. The maximum atomic E-state index is 14.1. The third-order valence-electron chi connectivity index (χ3n) is 11.2. The number of carbonyl (C=O) groups excluding carboxylic acids is 5. The van der Waals surface area contributed by atoms with E-state index in [0.29, 0.717) is 0 Å². The summed E-state index contributed by atoms with van der Waals surface area (Å²) in [5.74, 6) is -4.93. The number of hydrogen-bond donors (Lipinski definition) is 0. The van der Waals surface area contributed by atoms with Crippen LogP contribution in [0.1, 0.15) is 57.4 Å². The molecule has 0 saturated carbocycles. The monoisotopic (exact) mass is 966 g/mol. The Morgan fingerprint density at radius 2 is 0.903 bits per heavy atom. The molecule has 1 aromatic heterocycles. The van der Waals surface area contributed by atoms with Gasteiger partial charge in [0.2, 0.25) is 12.4 Å². The molecule has 15 heteroatoms. The van der Waals surface area contributed by atoms with E-state index < -0.39 is 78.5 Å². The molecule has 1 fully saturated rings. The zero-order valence-corrected chi connectivity index (χ0v) is 38.0. The molecule has 7 aromatic carbocycles. The number of carbonyl (C=O) groups is 5. The number of esters is 5. The molecule has 5 atom stereocenters. The molecular formula is C57H42O15. The Bertz CT molecular complexity index is 3220. The smallest absolute Gasteiger partial charge is 0.383 e. The molecule has 0 aliphatic carbocycles. The Hall–Kier alpha value is -9.34. The van der Waals surface area contributed by atoms with Crippen molar-refractivity contribution < 1.29 is 66.3 Å². The van der Waals surface area contributed by atoms with Gasteiger partial charge in [-0.05, 0) is 78.4 Å². The van der Waals surface area contributed by atoms with E-state index in [-0.39, 0.29) is 56.9 Å². The van der Waals surface area contributed by atoms with Crippen LogP contribution in [0.15, 0.2) is 209 Å². The first-order valence-corrected chi connectivity index (χ1v) is 22.6. The Morgan fingerprint density at radius 1 is 0.458 bits per heavy atom. The molecule has 72 heavy (non-hydrogen) atoms. The number of hydrogen-bond acceptors (Lipinski definition) is 15. The second-order valence-corrected chi connectivity index (χ2v) is 16.1. The van der Waals surface area contributed by atoms with Gasteiger partial charge in [-0.2, -0.15) is 0 Å². The Labute approximate surface area is 411 Å². The zero-order chi connectivity index (χ0) is 49.8. The number of benzene rings is 7. The maximum absolute atomic E-state index is 14.1. The molecule has 0 N–H and O–H groups in total. The molecular weight excluding hydrogens is 925 g/mol. The quantitative estimate of drug-likeness (QED) is 0.0506. The fraction of sp³-hybridized carbons (Fsp3) is 0.123. The van der Waals surface area contributed by atoms with Crippen molar-refractivity contribution in [2.75, 3.05) is 6.61 Å². The summed E-state index contributed by atoms with van der Waals surface area (Å²) in [6, 6.07) is 53.3. The van der Waals surface area contributed by atoms with Crippen molar-refractivity contribution in [3.8, 4) is 17.2 Å². The Balaban J connectivity index is 1.13. The van der Waals surface area contributed by atoms with Gasteiger partial charge < -0.3 is 42.3 Å². The van der Waals surface area contributed by atoms with Gasteiger partial charge in [-0.25, -0.2) is 28.8 Å². The van der Waals surface area contributed by atoms with E-state index in [9.17, 15) is 28.8 Å². The summed E-state index contributed by atoms with van der Waals surface area (Å²) in [6.07, 6.45) is -8.27. The molecule has 0 unspecified atom stereocenters. The van der Waals surface area contributed by atoms with Crippen molar-refractivity contribution >= 4 is 40.8 Å². The van der Waals surface area contributed by atoms with Gasteiger partial charge in [0.25, 0.3) is 5.75 Å². The van der Waals surface area contributed by atoms with Crippen LogP contribution in [0.5, 0.6) is 17.2 Å². The van der Waals surface area contributed by atoms with Gasteiger partial charge in [0, 0.05) is 6.07 Å². The molecule has 1 saturated heterocycles. The minimum atomic E-state index is -1.73. The second kappa shape index (κ2) is 22.4. The van der Waals surface area contributed by atoms with E-state index in [2.05, 4.69) is 0 Å².